The van der Waals surface area contributed by atoms with Crippen molar-refractivity contribution in [3.8, 4) is 11.8 Å². The molecule has 4 aromatic carbocycles. The SMILES string of the molecule is COC(=O)[C@](OCc1ccc([N+](=O)[O-])cc1)(c1ccccc1)[C@@H](Nc1ccccc1O)c1ccc(C#N)cc1. The van der Waals surface area contributed by atoms with E-state index in [-0.39, 0.29) is 18.0 Å². The predicted octanol–water partition coefficient (Wildman–Crippen LogP) is 5.61. The number of methoxy groups -OCH3 is 1. The number of nitrogens with zero attached hydrogens (tertiary/aromatic N) is 2. The topological polar surface area (TPSA) is 135 Å². The van der Waals surface area contributed by atoms with E-state index in [0.29, 0.717) is 27.9 Å². The van der Waals surface area contributed by atoms with Gasteiger partial charge in [0, 0.05) is 12.1 Å². The minimum absolute atomic E-state index is 0.0432. The van der Waals surface area contributed by atoms with E-state index in [1.54, 1.807) is 84.9 Å². The Labute approximate surface area is 225 Å². The lowest BCUT2D eigenvalue weighted by atomic mass is 9.81. The molecule has 0 saturated carbocycles. The first-order valence-corrected chi connectivity index (χ1v) is 11.9. The number of aromatic hydroxyl groups is 1. The first kappa shape index (κ1) is 26.9. The van der Waals surface area contributed by atoms with E-state index in [1.807, 2.05) is 0 Å². The number of para-hydroxylation sites is 2. The Morgan fingerprint density at radius 3 is 2.23 bits per heavy atom. The lowest BCUT2D eigenvalue weighted by molar-refractivity contribution is -0.384. The van der Waals surface area contributed by atoms with Crippen molar-refractivity contribution >= 4 is 17.3 Å². The molecular weight excluding hydrogens is 498 g/mol. The van der Waals surface area contributed by atoms with E-state index in [9.17, 15) is 25.3 Å². The number of hydrogen-bond donors (Lipinski definition) is 2. The zero-order valence-electron chi connectivity index (χ0n) is 21.0. The molecule has 0 aliphatic carbocycles. The number of carbonyl (C=O) groups excluding carboxylic acids is 1. The molecule has 0 aliphatic rings. The Kier molecular flexibility index (Phi) is 8.19. The Morgan fingerprint density at radius 1 is 1.00 bits per heavy atom. The van der Waals surface area contributed by atoms with Gasteiger partial charge in [-0.15, -0.1) is 0 Å². The van der Waals surface area contributed by atoms with Gasteiger partial charge in [-0.2, -0.15) is 5.26 Å². The number of nitriles is 1. The van der Waals surface area contributed by atoms with Crippen LogP contribution in [0, 0.1) is 21.4 Å². The number of non-ortho nitro benzene ring substituents is 1. The third-order valence-electron chi connectivity index (χ3n) is 6.29. The van der Waals surface area contributed by atoms with Gasteiger partial charge < -0.3 is 19.9 Å². The zero-order valence-corrected chi connectivity index (χ0v) is 21.0. The highest BCUT2D eigenvalue weighted by Crippen LogP contribution is 2.44. The molecule has 0 aliphatic heterocycles. The van der Waals surface area contributed by atoms with Crippen molar-refractivity contribution in [1.29, 1.82) is 5.26 Å². The number of nitro groups is 1. The van der Waals surface area contributed by atoms with Crippen molar-refractivity contribution in [3.05, 3.63) is 135 Å². The van der Waals surface area contributed by atoms with Crippen LogP contribution in [0.5, 0.6) is 5.75 Å². The van der Waals surface area contributed by atoms with Crippen molar-refractivity contribution in [2.75, 3.05) is 12.4 Å². The summed E-state index contributed by atoms with van der Waals surface area (Å²) in [7, 11) is 1.26. The molecule has 0 unspecified atom stereocenters. The molecule has 0 fully saturated rings. The molecule has 0 aromatic heterocycles. The third-order valence-corrected chi connectivity index (χ3v) is 6.29. The van der Waals surface area contributed by atoms with Crippen LogP contribution < -0.4 is 5.32 Å². The highest BCUT2D eigenvalue weighted by Gasteiger charge is 2.51. The van der Waals surface area contributed by atoms with Crippen molar-refractivity contribution in [2.45, 2.75) is 18.2 Å². The van der Waals surface area contributed by atoms with Crippen LogP contribution in [0.25, 0.3) is 0 Å². The second-order valence-electron chi connectivity index (χ2n) is 8.63. The van der Waals surface area contributed by atoms with Gasteiger partial charge in [0.2, 0.25) is 5.60 Å². The minimum atomic E-state index is -1.80. The monoisotopic (exact) mass is 523 g/mol. The van der Waals surface area contributed by atoms with Crippen molar-refractivity contribution in [2.24, 2.45) is 0 Å². The second kappa shape index (κ2) is 11.9. The van der Waals surface area contributed by atoms with E-state index < -0.39 is 22.5 Å². The number of hydrogen-bond acceptors (Lipinski definition) is 8. The second-order valence-corrected chi connectivity index (χ2v) is 8.63. The largest absolute Gasteiger partial charge is 0.506 e. The number of esters is 1. The standard InChI is InChI=1S/C30H25N3O6/c1-38-29(35)30(24-7-3-2-4-8-24,39-20-22-13-17-25(18-14-22)33(36)37)28(23-15-11-21(19-31)12-16-23)32-26-9-5-6-10-27(26)34/h2-18,28,32,34H,20H2,1H3/t28-,30-/m0/s1. The molecule has 4 rings (SSSR count). The molecule has 39 heavy (non-hydrogen) atoms. The van der Waals surface area contributed by atoms with Crippen LogP contribution in [-0.4, -0.2) is 23.1 Å². The molecule has 0 heterocycles. The number of nitro benzene ring substituents is 1. The van der Waals surface area contributed by atoms with Crippen molar-refractivity contribution < 1.29 is 24.3 Å². The van der Waals surface area contributed by atoms with E-state index in [2.05, 4.69) is 11.4 Å². The summed E-state index contributed by atoms with van der Waals surface area (Å²) in [5.74, 6) is -0.758. The summed E-state index contributed by atoms with van der Waals surface area (Å²) in [6.45, 7) is -0.1000. The normalized spacial score (nSPS) is 12.9. The number of phenols is 1. The molecule has 0 bridgehead atoms. The van der Waals surface area contributed by atoms with E-state index in [0.717, 1.165) is 0 Å². The average Bonchev–Trinajstić information content (AvgIpc) is 2.98. The van der Waals surface area contributed by atoms with Crippen LogP contribution in [0.3, 0.4) is 0 Å². The fraction of sp³-hybridized carbons (Fsp3) is 0.133. The van der Waals surface area contributed by atoms with Gasteiger partial charge in [-0.05, 0) is 53.1 Å². The first-order chi connectivity index (χ1) is 18.9. The molecule has 4 aromatic rings. The molecule has 0 amide bonds. The Bertz CT molecular complexity index is 1480. The summed E-state index contributed by atoms with van der Waals surface area (Å²) in [6, 6.07) is 29.0. The number of rotatable bonds is 10. The molecule has 196 valence electrons. The lowest BCUT2D eigenvalue weighted by Crippen LogP contribution is -2.48. The summed E-state index contributed by atoms with van der Waals surface area (Å²) >= 11 is 0. The minimum Gasteiger partial charge on any atom is -0.506 e. The molecule has 9 nitrogen and oxygen atoms in total. The highest BCUT2D eigenvalue weighted by atomic mass is 16.6. The summed E-state index contributed by atoms with van der Waals surface area (Å²) in [6.07, 6.45) is 0. The fourth-order valence-electron chi connectivity index (χ4n) is 4.30. The lowest BCUT2D eigenvalue weighted by Gasteiger charge is -2.39. The maximum atomic E-state index is 13.8. The summed E-state index contributed by atoms with van der Waals surface area (Å²) in [5, 5.41) is 34.3. The van der Waals surface area contributed by atoms with E-state index in [4.69, 9.17) is 9.47 Å². The summed E-state index contributed by atoms with van der Waals surface area (Å²) in [5.41, 5.74) is 0.536. The number of benzene rings is 4. The van der Waals surface area contributed by atoms with Gasteiger partial charge in [0.05, 0.1) is 42.0 Å². The average molecular weight is 524 g/mol. The van der Waals surface area contributed by atoms with Gasteiger partial charge in [0.15, 0.2) is 0 Å². The zero-order chi connectivity index (χ0) is 27.8. The van der Waals surface area contributed by atoms with E-state index in [1.165, 1.54) is 25.3 Å². The van der Waals surface area contributed by atoms with Crippen LogP contribution in [0.1, 0.15) is 28.3 Å². The summed E-state index contributed by atoms with van der Waals surface area (Å²) in [4.78, 5) is 24.4. The maximum Gasteiger partial charge on any atom is 0.345 e. The van der Waals surface area contributed by atoms with Crippen molar-refractivity contribution in [3.63, 3.8) is 0 Å². The van der Waals surface area contributed by atoms with Gasteiger partial charge in [0.1, 0.15) is 5.75 Å². The molecule has 0 radical (unpaired) electrons. The Morgan fingerprint density at radius 2 is 1.64 bits per heavy atom. The third kappa shape index (κ3) is 5.71. The van der Waals surface area contributed by atoms with Crippen LogP contribution in [-0.2, 0) is 26.5 Å². The Hall–Kier alpha value is -5.20. The van der Waals surface area contributed by atoms with Crippen LogP contribution in [0.4, 0.5) is 11.4 Å². The molecular formula is C30H25N3O6. The predicted molar refractivity (Wildman–Crippen MR) is 144 cm³/mol. The first-order valence-electron chi connectivity index (χ1n) is 11.9. The van der Waals surface area contributed by atoms with Crippen LogP contribution in [0.15, 0.2) is 103 Å². The molecule has 9 heteroatoms. The number of anilines is 1. The van der Waals surface area contributed by atoms with Gasteiger partial charge >= 0.3 is 5.97 Å². The fourth-order valence-corrected chi connectivity index (χ4v) is 4.30. The highest BCUT2D eigenvalue weighted by molar-refractivity contribution is 5.84. The Balaban J connectivity index is 1.89. The van der Waals surface area contributed by atoms with Crippen molar-refractivity contribution in [1.82, 2.24) is 0 Å². The van der Waals surface area contributed by atoms with Gasteiger partial charge in [-0.3, -0.25) is 10.1 Å². The van der Waals surface area contributed by atoms with Gasteiger partial charge in [0.25, 0.3) is 5.69 Å². The number of nitrogens with one attached hydrogen (secondary N) is 1. The van der Waals surface area contributed by atoms with Gasteiger partial charge in [-0.1, -0.05) is 54.6 Å². The van der Waals surface area contributed by atoms with Gasteiger partial charge in [-0.25, -0.2) is 4.79 Å². The van der Waals surface area contributed by atoms with Crippen LogP contribution in [0.2, 0.25) is 0 Å². The van der Waals surface area contributed by atoms with Crippen LogP contribution >= 0.6 is 0 Å². The number of carbonyl (C=O) groups is 1. The maximum absolute atomic E-state index is 13.8. The molecule has 0 saturated heterocycles. The molecule has 2 N–H and O–H groups in total. The van der Waals surface area contributed by atoms with E-state index >= 15 is 0 Å². The smallest absolute Gasteiger partial charge is 0.345 e. The quantitative estimate of drug-likeness (QED) is 0.119. The molecule has 2 atom stereocenters. The molecule has 0 spiro atoms. The number of phenolic OH excluding ortho intramolecular Hbond substituents is 1. The summed E-state index contributed by atoms with van der Waals surface area (Å²) < 4.78 is 11.8. The number of ether oxygens (including phenoxy) is 2.